The van der Waals surface area contributed by atoms with Crippen LogP contribution < -0.4 is 0 Å². The van der Waals surface area contributed by atoms with Gasteiger partial charge in [-0.1, -0.05) is 11.8 Å². The maximum Gasteiger partial charge on any atom is 0.264 e. The summed E-state index contributed by atoms with van der Waals surface area (Å²) in [6, 6.07) is 0. The molecule has 0 radical (unpaired) electrons. The van der Waals surface area contributed by atoms with Gasteiger partial charge in [-0.2, -0.15) is 0 Å². The Kier molecular flexibility index (Phi) is 4.43. The van der Waals surface area contributed by atoms with Gasteiger partial charge >= 0.3 is 0 Å². The number of Topliss-reactive ketones (excluding diaryl/α,β-unsaturated/α-hetero) is 1. The second-order valence-electron chi connectivity index (χ2n) is 3.29. The minimum atomic E-state index is -0.400. The summed E-state index contributed by atoms with van der Waals surface area (Å²) in [6.45, 7) is 3.11. The van der Waals surface area contributed by atoms with Crippen LogP contribution in [0.2, 0.25) is 0 Å². The first kappa shape index (κ1) is 13.1. The molecule has 1 unspecified atom stereocenters. The van der Waals surface area contributed by atoms with Crippen molar-refractivity contribution in [2.75, 3.05) is 0 Å². The molecule has 88 valence electrons. The summed E-state index contributed by atoms with van der Waals surface area (Å²) in [5.41, 5.74) is 0. The largest absolute Gasteiger partial charge is 0.350 e. The molecular weight excluding hydrogens is 250 g/mol. The SMILES string of the molecule is CC(=O)C(C)SC(=S)ON1C(=O)CCC1=O. The zero-order chi connectivity index (χ0) is 12.3. The Hall–Kier alpha value is -0.950. The predicted octanol–water partition coefficient (Wildman–Crippen LogP) is 1.06. The fraction of sp³-hybridized carbons (Fsp3) is 0.556. The Labute approximate surface area is 102 Å². The van der Waals surface area contributed by atoms with E-state index in [0.717, 1.165) is 11.8 Å². The first-order valence-electron chi connectivity index (χ1n) is 4.66. The van der Waals surface area contributed by atoms with E-state index in [1.807, 2.05) is 0 Å². The van der Waals surface area contributed by atoms with Gasteiger partial charge in [-0.25, -0.2) is 0 Å². The van der Waals surface area contributed by atoms with Gasteiger partial charge < -0.3 is 4.84 Å². The fourth-order valence-corrected chi connectivity index (χ4v) is 2.06. The van der Waals surface area contributed by atoms with Crippen molar-refractivity contribution in [1.29, 1.82) is 0 Å². The molecule has 1 atom stereocenters. The number of thioether (sulfide) groups is 1. The van der Waals surface area contributed by atoms with E-state index in [-0.39, 0.29) is 28.3 Å². The monoisotopic (exact) mass is 261 g/mol. The molecule has 1 rings (SSSR count). The van der Waals surface area contributed by atoms with Crippen LogP contribution in [0.3, 0.4) is 0 Å². The van der Waals surface area contributed by atoms with Gasteiger partial charge in [0.15, 0.2) is 0 Å². The molecule has 2 amide bonds. The van der Waals surface area contributed by atoms with Crippen molar-refractivity contribution >= 4 is 46.0 Å². The van der Waals surface area contributed by atoms with Gasteiger partial charge in [0.05, 0.1) is 5.25 Å². The lowest BCUT2D eigenvalue weighted by molar-refractivity contribution is -0.166. The molecular formula is C9H11NO4S2. The van der Waals surface area contributed by atoms with Crippen molar-refractivity contribution in [2.45, 2.75) is 31.9 Å². The molecule has 0 saturated carbocycles. The smallest absolute Gasteiger partial charge is 0.264 e. The quantitative estimate of drug-likeness (QED) is 0.559. The topological polar surface area (TPSA) is 63.7 Å². The molecule has 0 bridgehead atoms. The third kappa shape index (κ3) is 3.28. The van der Waals surface area contributed by atoms with Crippen molar-refractivity contribution in [2.24, 2.45) is 0 Å². The third-order valence-corrected chi connectivity index (χ3v) is 3.33. The third-order valence-electron chi connectivity index (χ3n) is 2.02. The Bertz CT molecular complexity index is 339. The molecule has 16 heavy (non-hydrogen) atoms. The van der Waals surface area contributed by atoms with E-state index in [0.29, 0.717) is 5.06 Å². The number of hydrogen-bond donors (Lipinski definition) is 0. The zero-order valence-corrected chi connectivity index (χ0v) is 10.5. The van der Waals surface area contributed by atoms with Gasteiger partial charge in [0.2, 0.25) is 0 Å². The van der Waals surface area contributed by atoms with Crippen LogP contribution in [0.1, 0.15) is 26.7 Å². The summed E-state index contributed by atoms with van der Waals surface area (Å²) in [5, 5.41) is 0.322. The molecule has 5 nitrogen and oxygen atoms in total. The van der Waals surface area contributed by atoms with E-state index in [4.69, 9.17) is 17.1 Å². The summed E-state index contributed by atoms with van der Waals surface area (Å²) in [4.78, 5) is 38.3. The second-order valence-corrected chi connectivity index (χ2v) is 5.24. The minimum absolute atomic E-state index is 0.00583. The lowest BCUT2D eigenvalue weighted by atomic mass is 10.3. The molecule has 0 aromatic rings. The fourth-order valence-electron chi connectivity index (χ4n) is 0.981. The highest BCUT2D eigenvalue weighted by Crippen LogP contribution is 2.19. The summed E-state index contributed by atoms with van der Waals surface area (Å²) in [6.07, 6.45) is 0.294. The number of nitrogens with zero attached hydrogens (tertiary/aromatic N) is 1. The highest BCUT2D eigenvalue weighted by Gasteiger charge is 2.32. The van der Waals surface area contributed by atoms with Gasteiger partial charge in [-0.15, -0.1) is 5.06 Å². The summed E-state index contributed by atoms with van der Waals surface area (Å²) >= 11 is 5.85. The van der Waals surface area contributed by atoms with E-state index in [9.17, 15) is 14.4 Å². The summed E-state index contributed by atoms with van der Waals surface area (Å²) in [7, 11) is 0. The number of hydrogen-bond acceptors (Lipinski definition) is 6. The number of imide groups is 1. The van der Waals surface area contributed by atoms with Gasteiger partial charge in [0, 0.05) is 12.8 Å². The molecule has 0 aromatic carbocycles. The normalized spacial score (nSPS) is 17.5. The number of rotatable bonds is 3. The van der Waals surface area contributed by atoms with Crippen LogP contribution >= 0.6 is 24.0 Å². The maximum atomic E-state index is 11.2. The Balaban J connectivity index is 2.48. The average Bonchev–Trinajstić information content (AvgIpc) is 2.49. The number of ketones is 1. The van der Waals surface area contributed by atoms with Gasteiger partial charge in [0.25, 0.3) is 16.2 Å². The van der Waals surface area contributed by atoms with Crippen LogP contribution in [-0.4, -0.2) is 32.3 Å². The number of amides is 2. The Morgan fingerprint density at radius 1 is 1.44 bits per heavy atom. The Morgan fingerprint density at radius 3 is 2.38 bits per heavy atom. The van der Waals surface area contributed by atoms with Crippen LogP contribution in [0, 0.1) is 0 Å². The van der Waals surface area contributed by atoms with E-state index >= 15 is 0 Å². The van der Waals surface area contributed by atoms with Gasteiger partial charge in [0.1, 0.15) is 5.78 Å². The first-order valence-corrected chi connectivity index (χ1v) is 5.95. The van der Waals surface area contributed by atoms with Crippen LogP contribution in [-0.2, 0) is 19.2 Å². The number of carbonyl (C=O) groups is 3. The molecule has 1 fully saturated rings. The standard InChI is InChI=1S/C9H11NO4S2/c1-5(11)6(2)16-9(15)14-10-7(12)3-4-8(10)13/h6H,3-4H2,1-2H3. The molecule has 1 heterocycles. The maximum absolute atomic E-state index is 11.2. The molecule has 0 spiro atoms. The highest BCUT2D eigenvalue weighted by molar-refractivity contribution is 8.23. The van der Waals surface area contributed by atoms with Crippen LogP contribution in [0.25, 0.3) is 0 Å². The van der Waals surface area contributed by atoms with Crippen LogP contribution in [0.15, 0.2) is 0 Å². The minimum Gasteiger partial charge on any atom is -0.350 e. The number of hydroxylamine groups is 2. The Morgan fingerprint density at radius 2 is 1.94 bits per heavy atom. The van der Waals surface area contributed by atoms with E-state index < -0.39 is 11.8 Å². The highest BCUT2D eigenvalue weighted by atomic mass is 32.2. The molecule has 1 aliphatic heterocycles. The van der Waals surface area contributed by atoms with Crippen molar-refractivity contribution in [1.82, 2.24) is 5.06 Å². The van der Waals surface area contributed by atoms with E-state index in [1.165, 1.54) is 6.92 Å². The molecule has 7 heteroatoms. The van der Waals surface area contributed by atoms with Crippen molar-refractivity contribution in [3.8, 4) is 0 Å². The summed E-state index contributed by atoms with van der Waals surface area (Å²) in [5.74, 6) is -0.845. The van der Waals surface area contributed by atoms with Crippen molar-refractivity contribution < 1.29 is 19.2 Å². The average molecular weight is 261 g/mol. The van der Waals surface area contributed by atoms with Gasteiger partial charge in [-0.3, -0.25) is 14.4 Å². The first-order chi connectivity index (χ1) is 7.41. The lowest BCUT2D eigenvalue weighted by Gasteiger charge is -2.15. The molecule has 1 saturated heterocycles. The molecule has 1 aliphatic rings. The van der Waals surface area contributed by atoms with Crippen LogP contribution in [0.5, 0.6) is 0 Å². The van der Waals surface area contributed by atoms with Gasteiger partial charge in [-0.05, 0) is 26.1 Å². The van der Waals surface area contributed by atoms with Crippen molar-refractivity contribution in [3.63, 3.8) is 0 Å². The second kappa shape index (κ2) is 5.40. The number of thiocarbonyl (C=S) groups is 1. The molecule has 0 aliphatic carbocycles. The predicted molar refractivity (Wildman–Crippen MR) is 62.5 cm³/mol. The van der Waals surface area contributed by atoms with E-state index in [2.05, 4.69) is 0 Å². The zero-order valence-electron chi connectivity index (χ0n) is 8.89. The molecule has 0 aromatic heterocycles. The number of carbonyl (C=O) groups excluding carboxylic acids is 3. The van der Waals surface area contributed by atoms with E-state index in [1.54, 1.807) is 6.92 Å². The van der Waals surface area contributed by atoms with Crippen LogP contribution in [0.4, 0.5) is 0 Å². The summed E-state index contributed by atoms with van der Waals surface area (Å²) < 4.78 is 0.00583. The van der Waals surface area contributed by atoms with Crippen molar-refractivity contribution in [3.05, 3.63) is 0 Å². The lowest BCUT2D eigenvalue weighted by Crippen LogP contribution is -2.31. The molecule has 0 N–H and O–H groups in total.